The van der Waals surface area contributed by atoms with Crippen molar-refractivity contribution in [3.63, 3.8) is 0 Å². The van der Waals surface area contributed by atoms with Crippen LogP contribution in [0.2, 0.25) is 0 Å². The molecule has 128 valence electrons. The summed E-state index contributed by atoms with van der Waals surface area (Å²) in [6, 6.07) is 8.12. The summed E-state index contributed by atoms with van der Waals surface area (Å²) >= 11 is 0. The van der Waals surface area contributed by atoms with Gasteiger partial charge in [0.1, 0.15) is 0 Å². The van der Waals surface area contributed by atoms with Crippen LogP contribution in [0.5, 0.6) is 0 Å². The van der Waals surface area contributed by atoms with Gasteiger partial charge in [0.2, 0.25) is 0 Å². The molecule has 6 nitrogen and oxygen atoms in total. The molecule has 1 fully saturated rings. The lowest BCUT2D eigenvalue weighted by atomic mass is 10.0. The number of aliphatic imine (C=N–C) groups is 1. The number of hydrogen-bond acceptors (Lipinski definition) is 4. The lowest BCUT2D eigenvalue weighted by molar-refractivity contribution is 0.304. The van der Waals surface area contributed by atoms with E-state index in [1.165, 1.54) is 5.56 Å². The first-order chi connectivity index (χ1) is 10.9. The average molecular weight is 338 g/mol. The van der Waals surface area contributed by atoms with E-state index in [1.807, 2.05) is 12.1 Å². The summed E-state index contributed by atoms with van der Waals surface area (Å²) in [7, 11) is -2.82. The van der Waals surface area contributed by atoms with Crippen molar-refractivity contribution in [2.45, 2.75) is 19.8 Å². The molecule has 1 heterocycles. The molecule has 0 unspecified atom stereocenters. The molecule has 0 aromatic heterocycles. The van der Waals surface area contributed by atoms with Crippen molar-refractivity contribution in [1.82, 2.24) is 4.90 Å². The van der Waals surface area contributed by atoms with Crippen LogP contribution in [0.15, 0.2) is 29.3 Å². The molecule has 0 bridgehead atoms. The molecule has 2 rings (SSSR count). The summed E-state index contributed by atoms with van der Waals surface area (Å²) < 4.78 is 22.7. The van der Waals surface area contributed by atoms with Crippen LogP contribution in [0.4, 0.5) is 5.69 Å². The molecule has 1 saturated heterocycles. The zero-order valence-electron chi connectivity index (χ0n) is 13.8. The van der Waals surface area contributed by atoms with Gasteiger partial charge in [-0.05, 0) is 23.6 Å². The largest absolute Gasteiger partial charge is 0.370 e. The number of rotatable bonds is 5. The molecule has 23 heavy (non-hydrogen) atoms. The molecule has 0 saturated carbocycles. The Bertz CT molecular complexity index is 642. The fourth-order valence-corrected chi connectivity index (χ4v) is 3.73. The number of sulfone groups is 1. The van der Waals surface area contributed by atoms with E-state index in [0.717, 1.165) is 12.2 Å². The minimum absolute atomic E-state index is 0.243. The predicted octanol–water partition coefficient (Wildman–Crippen LogP) is 1.27. The van der Waals surface area contributed by atoms with Gasteiger partial charge in [0.05, 0.1) is 18.1 Å². The van der Waals surface area contributed by atoms with Crippen LogP contribution in [0, 0.1) is 0 Å². The molecule has 1 aliphatic heterocycles. The maximum absolute atomic E-state index is 11.4. The van der Waals surface area contributed by atoms with Crippen molar-refractivity contribution in [2.24, 2.45) is 10.7 Å². The number of nitrogens with one attached hydrogen (secondary N) is 1. The van der Waals surface area contributed by atoms with Crippen LogP contribution in [0.25, 0.3) is 0 Å². The monoisotopic (exact) mass is 338 g/mol. The maximum Gasteiger partial charge on any atom is 0.193 e. The van der Waals surface area contributed by atoms with Crippen molar-refractivity contribution in [1.29, 1.82) is 0 Å². The van der Waals surface area contributed by atoms with Gasteiger partial charge in [-0.3, -0.25) is 9.89 Å². The summed E-state index contributed by atoms with van der Waals surface area (Å²) in [6.07, 6.45) is 0. The standard InChI is InChI=1S/C16H26N4O2S/c1-13(2)14-4-3-5-15(12-14)19-16(17)18-6-7-20-8-10-23(21,22)11-9-20/h3-5,12-13H,6-11H2,1-2H3,(H3,17,18,19). The van der Waals surface area contributed by atoms with Crippen molar-refractivity contribution >= 4 is 21.5 Å². The number of benzene rings is 1. The summed E-state index contributed by atoms with van der Waals surface area (Å²) in [5.74, 6) is 1.33. The summed E-state index contributed by atoms with van der Waals surface area (Å²) in [5.41, 5.74) is 8.09. The molecule has 1 aliphatic rings. The molecule has 0 spiro atoms. The molecular formula is C16H26N4O2S. The van der Waals surface area contributed by atoms with Crippen LogP contribution < -0.4 is 11.1 Å². The van der Waals surface area contributed by atoms with Gasteiger partial charge in [-0.2, -0.15) is 0 Å². The zero-order valence-corrected chi connectivity index (χ0v) is 14.6. The van der Waals surface area contributed by atoms with Crippen molar-refractivity contribution < 1.29 is 8.42 Å². The van der Waals surface area contributed by atoms with Gasteiger partial charge in [-0.1, -0.05) is 26.0 Å². The van der Waals surface area contributed by atoms with Crippen LogP contribution in [-0.4, -0.2) is 57.0 Å². The Hall–Kier alpha value is -1.60. The lowest BCUT2D eigenvalue weighted by Gasteiger charge is -2.25. The van der Waals surface area contributed by atoms with Crippen LogP contribution in [-0.2, 0) is 9.84 Å². The lowest BCUT2D eigenvalue weighted by Crippen LogP contribution is -2.41. The molecule has 0 amide bonds. The predicted molar refractivity (Wildman–Crippen MR) is 95.7 cm³/mol. The highest BCUT2D eigenvalue weighted by Crippen LogP contribution is 2.18. The molecular weight excluding hydrogens is 312 g/mol. The highest BCUT2D eigenvalue weighted by atomic mass is 32.2. The van der Waals surface area contributed by atoms with Crippen LogP contribution >= 0.6 is 0 Å². The molecule has 0 radical (unpaired) electrons. The number of guanidine groups is 1. The molecule has 3 N–H and O–H groups in total. The molecule has 0 aliphatic carbocycles. The number of hydrogen-bond donors (Lipinski definition) is 2. The van der Waals surface area contributed by atoms with E-state index in [0.29, 0.717) is 31.5 Å². The van der Waals surface area contributed by atoms with Gasteiger partial charge in [0.25, 0.3) is 0 Å². The van der Waals surface area contributed by atoms with E-state index in [9.17, 15) is 8.42 Å². The van der Waals surface area contributed by atoms with Gasteiger partial charge >= 0.3 is 0 Å². The van der Waals surface area contributed by atoms with Crippen molar-refractivity contribution in [2.75, 3.05) is 43.0 Å². The second kappa shape index (κ2) is 7.79. The highest BCUT2D eigenvalue weighted by Gasteiger charge is 2.20. The van der Waals surface area contributed by atoms with E-state index in [-0.39, 0.29) is 11.5 Å². The minimum atomic E-state index is -2.82. The Morgan fingerprint density at radius 1 is 1.35 bits per heavy atom. The maximum atomic E-state index is 11.4. The first kappa shape index (κ1) is 17.7. The fourth-order valence-electron chi connectivity index (χ4n) is 2.45. The van der Waals surface area contributed by atoms with E-state index in [2.05, 4.69) is 41.2 Å². The smallest absolute Gasteiger partial charge is 0.193 e. The normalized spacial score (nSPS) is 19.0. The van der Waals surface area contributed by atoms with Crippen LogP contribution in [0.3, 0.4) is 0 Å². The quantitative estimate of drug-likeness (QED) is 0.623. The van der Waals surface area contributed by atoms with Crippen LogP contribution in [0.1, 0.15) is 25.3 Å². The number of nitrogens with zero attached hydrogens (tertiary/aromatic N) is 2. The Morgan fingerprint density at radius 2 is 2.04 bits per heavy atom. The van der Waals surface area contributed by atoms with Gasteiger partial charge in [0, 0.05) is 25.3 Å². The van der Waals surface area contributed by atoms with E-state index < -0.39 is 9.84 Å². The molecule has 7 heteroatoms. The second-order valence-corrected chi connectivity index (χ2v) is 8.47. The molecule has 1 aromatic carbocycles. The number of anilines is 1. The molecule has 0 atom stereocenters. The van der Waals surface area contributed by atoms with Crippen molar-refractivity contribution in [3.8, 4) is 0 Å². The Morgan fingerprint density at radius 3 is 2.70 bits per heavy atom. The fraction of sp³-hybridized carbons (Fsp3) is 0.562. The summed E-state index contributed by atoms with van der Waals surface area (Å²) in [5, 5.41) is 3.10. The summed E-state index contributed by atoms with van der Waals surface area (Å²) in [6.45, 7) is 6.75. The first-order valence-electron chi connectivity index (χ1n) is 7.95. The Labute approximate surface area is 138 Å². The zero-order chi connectivity index (χ0) is 16.9. The summed E-state index contributed by atoms with van der Waals surface area (Å²) in [4.78, 5) is 6.42. The van der Waals surface area contributed by atoms with E-state index >= 15 is 0 Å². The Kier molecular flexibility index (Phi) is 6.01. The first-order valence-corrected chi connectivity index (χ1v) is 9.77. The van der Waals surface area contributed by atoms with E-state index in [1.54, 1.807) is 0 Å². The van der Waals surface area contributed by atoms with Gasteiger partial charge in [0.15, 0.2) is 15.8 Å². The van der Waals surface area contributed by atoms with Gasteiger partial charge < -0.3 is 11.1 Å². The third-order valence-corrected chi connectivity index (χ3v) is 5.57. The van der Waals surface area contributed by atoms with Crippen molar-refractivity contribution in [3.05, 3.63) is 29.8 Å². The third-order valence-electron chi connectivity index (χ3n) is 3.96. The van der Waals surface area contributed by atoms with E-state index in [4.69, 9.17) is 5.73 Å². The SMILES string of the molecule is CC(C)c1cccc(NC(N)=NCCN2CCS(=O)(=O)CC2)c1. The third kappa shape index (κ3) is 5.84. The highest BCUT2D eigenvalue weighted by molar-refractivity contribution is 7.91. The van der Waals surface area contributed by atoms with Gasteiger partial charge in [-0.15, -0.1) is 0 Å². The number of nitrogens with two attached hydrogens (primary N) is 1. The Balaban J connectivity index is 1.80. The minimum Gasteiger partial charge on any atom is -0.370 e. The van der Waals surface area contributed by atoms with Gasteiger partial charge in [-0.25, -0.2) is 8.42 Å². The second-order valence-electron chi connectivity index (χ2n) is 6.17. The molecule has 1 aromatic rings. The average Bonchev–Trinajstić information content (AvgIpc) is 2.49. The topological polar surface area (TPSA) is 87.8 Å².